The topological polar surface area (TPSA) is 58.2 Å². The van der Waals surface area contributed by atoms with E-state index < -0.39 is 21.1 Å². The van der Waals surface area contributed by atoms with Crippen molar-refractivity contribution in [3.8, 4) is 0 Å². The lowest BCUT2D eigenvalue weighted by Crippen LogP contribution is -2.34. The van der Waals surface area contributed by atoms with Crippen LogP contribution in [0.4, 0.5) is 10.1 Å². The van der Waals surface area contributed by atoms with E-state index in [-0.39, 0.29) is 10.7 Å². The van der Waals surface area contributed by atoms with Crippen molar-refractivity contribution in [2.24, 2.45) is 0 Å². The first kappa shape index (κ1) is 15.2. The number of hydrogen-bond acceptors (Lipinski definition) is 3. The molecule has 0 aliphatic heterocycles. The van der Waals surface area contributed by atoms with Crippen LogP contribution in [0.15, 0.2) is 18.2 Å². The maximum atomic E-state index is 13.6. The molecular formula is C11H16ClFN2O2S. The van der Waals surface area contributed by atoms with Gasteiger partial charge in [0, 0.05) is 6.54 Å². The molecule has 0 saturated carbocycles. The first-order valence-electron chi connectivity index (χ1n) is 5.54. The fraction of sp³-hybridized carbons (Fsp3) is 0.455. The van der Waals surface area contributed by atoms with Crippen LogP contribution in [0, 0.1) is 5.82 Å². The van der Waals surface area contributed by atoms with Crippen LogP contribution in [0.25, 0.3) is 0 Å². The van der Waals surface area contributed by atoms with E-state index in [9.17, 15) is 12.8 Å². The maximum absolute atomic E-state index is 13.6. The molecule has 0 spiro atoms. The third kappa shape index (κ3) is 3.83. The molecule has 0 fully saturated rings. The minimum absolute atomic E-state index is 0.116. The zero-order valence-corrected chi connectivity index (χ0v) is 11.8. The second-order valence-corrected chi connectivity index (χ2v) is 6.37. The number of sulfonamides is 1. The van der Waals surface area contributed by atoms with Gasteiger partial charge in [0.1, 0.15) is 0 Å². The van der Waals surface area contributed by atoms with Crippen LogP contribution in [-0.4, -0.2) is 26.8 Å². The number of anilines is 1. The second-order valence-electron chi connectivity index (χ2n) is 3.87. The Morgan fingerprint density at radius 3 is 2.72 bits per heavy atom. The predicted octanol–water partition coefficient (Wildman–Crippen LogP) is 2.22. The summed E-state index contributed by atoms with van der Waals surface area (Å²) in [7, 11) is -3.64. The predicted molar refractivity (Wildman–Crippen MR) is 72.0 cm³/mol. The lowest BCUT2D eigenvalue weighted by atomic mass is 10.3. The molecule has 1 aromatic rings. The molecule has 1 aromatic carbocycles. The summed E-state index contributed by atoms with van der Waals surface area (Å²) < 4.78 is 39.6. The lowest BCUT2D eigenvalue weighted by molar-refractivity contribution is 0.578. The van der Waals surface area contributed by atoms with Crippen molar-refractivity contribution < 1.29 is 12.8 Å². The summed E-state index contributed by atoms with van der Waals surface area (Å²) in [6.07, 6.45) is 0. The standard InChI is InChI=1S/C11H16ClFN2O2S/c1-3-14-7-8(2)18(16,17)15-10-6-4-5-9(12)11(10)13/h4-6,8,14-15H,3,7H2,1-2H3. The lowest BCUT2D eigenvalue weighted by Gasteiger charge is -2.15. The molecule has 18 heavy (non-hydrogen) atoms. The largest absolute Gasteiger partial charge is 0.316 e. The molecular weight excluding hydrogens is 279 g/mol. The molecule has 2 N–H and O–H groups in total. The Kier molecular flexibility index (Phi) is 5.37. The van der Waals surface area contributed by atoms with E-state index in [1.54, 1.807) is 6.92 Å². The Labute approximate surface area is 112 Å². The van der Waals surface area contributed by atoms with Gasteiger partial charge in [-0.2, -0.15) is 0 Å². The summed E-state index contributed by atoms with van der Waals surface area (Å²) in [5.74, 6) is -0.765. The van der Waals surface area contributed by atoms with Gasteiger partial charge in [-0.15, -0.1) is 0 Å². The van der Waals surface area contributed by atoms with Crippen LogP contribution in [-0.2, 0) is 10.0 Å². The van der Waals surface area contributed by atoms with Crippen LogP contribution in [0.1, 0.15) is 13.8 Å². The van der Waals surface area contributed by atoms with Crippen LogP contribution in [0.2, 0.25) is 5.02 Å². The van der Waals surface area contributed by atoms with Gasteiger partial charge in [-0.3, -0.25) is 4.72 Å². The Bertz CT molecular complexity index is 508. The van der Waals surface area contributed by atoms with Gasteiger partial charge in [-0.05, 0) is 25.6 Å². The quantitative estimate of drug-likeness (QED) is 0.846. The van der Waals surface area contributed by atoms with Gasteiger partial charge in [0.25, 0.3) is 0 Å². The molecule has 0 saturated heterocycles. The van der Waals surface area contributed by atoms with E-state index >= 15 is 0 Å². The number of rotatable bonds is 6. The van der Waals surface area contributed by atoms with E-state index in [0.717, 1.165) is 0 Å². The van der Waals surface area contributed by atoms with Crippen molar-refractivity contribution in [2.45, 2.75) is 19.1 Å². The van der Waals surface area contributed by atoms with E-state index in [4.69, 9.17) is 11.6 Å². The van der Waals surface area contributed by atoms with Crippen molar-refractivity contribution in [1.82, 2.24) is 5.32 Å². The molecule has 0 aromatic heterocycles. The summed E-state index contributed by atoms with van der Waals surface area (Å²) in [5, 5.41) is 2.14. The molecule has 0 amide bonds. The van der Waals surface area contributed by atoms with Gasteiger partial charge in [0.2, 0.25) is 10.0 Å². The fourth-order valence-corrected chi connectivity index (χ4v) is 2.47. The molecule has 7 heteroatoms. The van der Waals surface area contributed by atoms with Crippen molar-refractivity contribution in [3.05, 3.63) is 29.0 Å². The summed E-state index contributed by atoms with van der Waals surface area (Å²) in [5.41, 5.74) is -0.133. The molecule has 0 radical (unpaired) electrons. The van der Waals surface area contributed by atoms with Crippen LogP contribution in [0.5, 0.6) is 0 Å². The van der Waals surface area contributed by atoms with E-state index in [2.05, 4.69) is 10.0 Å². The number of nitrogens with one attached hydrogen (secondary N) is 2. The van der Waals surface area contributed by atoms with Crippen molar-refractivity contribution in [2.75, 3.05) is 17.8 Å². The SMILES string of the molecule is CCNCC(C)S(=O)(=O)Nc1cccc(Cl)c1F. The number of halogens is 2. The van der Waals surface area contributed by atoms with Gasteiger partial charge in [-0.1, -0.05) is 24.6 Å². The average Bonchev–Trinajstić information content (AvgIpc) is 2.31. The van der Waals surface area contributed by atoms with Crippen LogP contribution < -0.4 is 10.0 Å². The Morgan fingerprint density at radius 1 is 1.44 bits per heavy atom. The molecule has 0 aliphatic rings. The molecule has 1 rings (SSSR count). The number of benzene rings is 1. The van der Waals surface area contributed by atoms with E-state index in [0.29, 0.717) is 13.1 Å². The number of hydrogen-bond donors (Lipinski definition) is 2. The third-order valence-electron chi connectivity index (χ3n) is 2.42. The highest BCUT2D eigenvalue weighted by atomic mass is 35.5. The minimum atomic E-state index is -3.64. The molecule has 1 atom stereocenters. The van der Waals surface area contributed by atoms with Crippen molar-refractivity contribution >= 4 is 27.3 Å². The van der Waals surface area contributed by atoms with Crippen molar-refractivity contribution in [1.29, 1.82) is 0 Å². The fourth-order valence-electron chi connectivity index (χ4n) is 1.29. The van der Waals surface area contributed by atoms with Gasteiger partial charge >= 0.3 is 0 Å². The Morgan fingerprint density at radius 2 is 2.11 bits per heavy atom. The first-order valence-corrected chi connectivity index (χ1v) is 7.47. The maximum Gasteiger partial charge on any atom is 0.236 e. The molecule has 0 aliphatic carbocycles. The van der Waals surface area contributed by atoms with Gasteiger partial charge in [0.15, 0.2) is 5.82 Å². The molecule has 0 heterocycles. The zero-order valence-electron chi connectivity index (χ0n) is 10.2. The minimum Gasteiger partial charge on any atom is -0.316 e. The molecule has 1 unspecified atom stereocenters. The van der Waals surface area contributed by atoms with Crippen LogP contribution in [0.3, 0.4) is 0 Å². The van der Waals surface area contributed by atoms with E-state index in [1.807, 2.05) is 6.92 Å². The molecule has 0 bridgehead atoms. The van der Waals surface area contributed by atoms with Crippen molar-refractivity contribution in [3.63, 3.8) is 0 Å². The monoisotopic (exact) mass is 294 g/mol. The third-order valence-corrected chi connectivity index (χ3v) is 4.44. The molecule has 4 nitrogen and oxygen atoms in total. The normalized spacial score (nSPS) is 13.3. The smallest absolute Gasteiger partial charge is 0.236 e. The average molecular weight is 295 g/mol. The van der Waals surface area contributed by atoms with E-state index in [1.165, 1.54) is 18.2 Å². The Hall–Kier alpha value is -0.850. The first-order chi connectivity index (χ1) is 8.38. The van der Waals surface area contributed by atoms with Gasteiger partial charge < -0.3 is 5.32 Å². The zero-order chi connectivity index (χ0) is 13.8. The summed E-state index contributed by atoms with van der Waals surface area (Å²) in [4.78, 5) is 0. The highest BCUT2D eigenvalue weighted by Crippen LogP contribution is 2.23. The summed E-state index contributed by atoms with van der Waals surface area (Å²) >= 11 is 5.58. The summed E-state index contributed by atoms with van der Waals surface area (Å²) in [6.45, 7) is 4.40. The Balaban J connectivity index is 2.85. The highest BCUT2D eigenvalue weighted by Gasteiger charge is 2.21. The van der Waals surface area contributed by atoms with Gasteiger partial charge in [0.05, 0.1) is 16.0 Å². The van der Waals surface area contributed by atoms with Gasteiger partial charge in [-0.25, -0.2) is 12.8 Å². The molecule has 102 valence electrons. The highest BCUT2D eigenvalue weighted by molar-refractivity contribution is 7.93. The second kappa shape index (κ2) is 6.36. The van der Waals surface area contributed by atoms with Crippen LogP contribution >= 0.6 is 11.6 Å². The summed E-state index contributed by atoms with van der Waals surface area (Å²) in [6, 6.07) is 4.17.